The Morgan fingerprint density at radius 2 is 0.482 bits per heavy atom. The van der Waals surface area contributed by atoms with Crippen LogP contribution in [0.5, 0.6) is 0 Å². The van der Waals surface area contributed by atoms with Gasteiger partial charge in [0.1, 0.15) is 13.2 Å². The summed E-state index contributed by atoms with van der Waals surface area (Å²) in [5, 5.41) is 0. The van der Waals surface area contributed by atoms with Crippen LogP contribution in [0.25, 0.3) is 0 Å². The van der Waals surface area contributed by atoms with Crippen LogP contribution in [0, 0.1) is 0 Å². The summed E-state index contributed by atoms with van der Waals surface area (Å²) in [4.78, 5) is 38.1. The molecule has 0 bridgehead atoms. The highest BCUT2D eigenvalue weighted by Gasteiger charge is 2.19. The van der Waals surface area contributed by atoms with E-state index < -0.39 is 6.10 Å². The van der Waals surface area contributed by atoms with Crippen molar-refractivity contribution in [3.63, 3.8) is 0 Å². The summed E-state index contributed by atoms with van der Waals surface area (Å²) in [6, 6.07) is 0. The van der Waals surface area contributed by atoms with Gasteiger partial charge in [0.25, 0.3) is 0 Å². The maximum Gasteiger partial charge on any atom is 0.306 e. The molecule has 0 saturated heterocycles. The Labute approximate surface area is 509 Å². The zero-order valence-corrected chi connectivity index (χ0v) is 52.6. The molecular formula is C77H116O6. The lowest BCUT2D eigenvalue weighted by Crippen LogP contribution is -2.30. The maximum absolute atomic E-state index is 12.8. The lowest BCUT2D eigenvalue weighted by atomic mass is 10.1. The van der Waals surface area contributed by atoms with Gasteiger partial charge in [-0.1, -0.05) is 279 Å². The lowest BCUT2D eigenvalue weighted by molar-refractivity contribution is -0.167. The summed E-state index contributed by atoms with van der Waals surface area (Å²) in [6.07, 6.45) is 106. The number of carbonyl (C=O) groups is 3. The summed E-state index contributed by atoms with van der Waals surface area (Å²) in [5.74, 6) is -1.03. The summed E-state index contributed by atoms with van der Waals surface area (Å²) in [6.45, 7) is 6.27. The first-order valence-electron chi connectivity index (χ1n) is 32.6. The van der Waals surface area contributed by atoms with Crippen LogP contribution >= 0.6 is 0 Å². The van der Waals surface area contributed by atoms with Gasteiger partial charge < -0.3 is 14.2 Å². The number of hydrogen-bond donors (Lipinski definition) is 0. The van der Waals surface area contributed by atoms with Gasteiger partial charge >= 0.3 is 17.9 Å². The van der Waals surface area contributed by atoms with Crippen LogP contribution in [0.3, 0.4) is 0 Å². The molecule has 6 heteroatoms. The molecular weight excluding hydrogens is 1020 g/mol. The zero-order valence-electron chi connectivity index (χ0n) is 52.6. The van der Waals surface area contributed by atoms with Gasteiger partial charge in [-0.25, -0.2) is 0 Å². The Balaban J connectivity index is 4.32. The molecule has 0 aromatic carbocycles. The van der Waals surface area contributed by atoms with E-state index in [0.29, 0.717) is 19.3 Å². The van der Waals surface area contributed by atoms with Gasteiger partial charge in [0.05, 0.1) is 0 Å². The Morgan fingerprint density at radius 1 is 0.253 bits per heavy atom. The molecule has 0 aromatic heterocycles. The molecule has 0 radical (unpaired) electrons. The molecule has 0 aromatic rings. The van der Waals surface area contributed by atoms with Crippen LogP contribution in [0.2, 0.25) is 0 Å². The molecule has 1 unspecified atom stereocenters. The van der Waals surface area contributed by atoms with Crippen molar-refractivity contribution in [3.05, 3.63) is 207 Å². The van der Waals surface area contributed by atoms with Crippen LogP contribution in [-0.2, 0) is 28.6 Å². The smallest absolute Gasteiger partial charge is 0.306 e. The molecule has 1 atom stereocenters. The molecule has 0 N–H and O–H groups in total. The van der Waals surface area contributed by atoms with E-state index in [4.69, 9.17) is 14.2 Å². The van der Waals surface area contributed by atoms with Crippen LogP contribution in [0.4, 0.5) is 0 Å². The second-order valence-corrected chi connectivity index (χ2v) is 20.6. The molecule has 0 saturated carbocycles. The summed E-state index contributed by atoms with van der Waals surface area (Å²) in [5.41, 5.74) is 0. The van der Waals surface area contributed by atoms with Gasteiger partial charge in [0.2, 0.25) is 0 Å². The number of rotatable bonds is 56. The highest BCUT2D eigenvalue weighted by molar-refractivity contribution is 5.71. The van der Waals surface area contributed by atoms with E-state index in [0.717, 1.165) is 167 Å². The Bertz CT molecular complexity index is 2030. The number of hydrogen-bond acceptors (Lipinski definition) is 6. The number of unbranched alkanes of at least 4 members (excludes halogenated alkanes) is 11. The van der Waals surface area contributed by atoms with E-state index in [2.05, 4.69) is 227 Å². The fourth-order valence-electron chi connectivity index (χ4n) is 7.99. The van der Waals surface area contributed by atoms with Crippen molar-refractivity contribution in [1.82, 2.24) is 0 Å². The van der Waals surface area contributed by atoms with Gasteiger partial charge in [-0.05, 0) is 148 Å². The van der Waals surface area contributed by atoms with Crippen molar-refractivity contribution in [1.29, 1.82) is 0 Å². The van der Waals surface area contributed by atoms with Gasteiger partial charge in [-0.3, -0.25) is 14.4 Å². The molecule has 0 rings (SSSR count). The Morgan fingerprint density at radius 3 is 0.771 bits per heavy atom. The predicted molar refractivity (Wildman–Crippen MR) is 361 cm³/mol. The standard InChI is InChI=1S/C77H116O6/c1-4-7-10-13-16-18-20-22-24-26-28-30-32-33-34-35-36-37-38-39-40-41-42-43-45-46-48-50-52-54-56-58-61-64-67-70-76(79)82-73-74(72-81-75(78)69-66-63-60-15-12-9-6-3)83-77(80)71-68-65-62-59-57-55-53-51-49-47-44-31-29-27-25-23-21-19-17-14-11-8-5-2/h7-8,10-11,16-19,22-25,28-31,33-34,36-37,39-40,42-43,46-49,52-55,59,62,74H,4-6,9,12-15,20-21,26-27,32,35,38,41,44-45,50-51,56-58,60-61,63-73H2,1-3H3/b10-7-,11-8-,18-16-,19-17-,24-22-,25-23-,30-28-,31-29-,34-33-,37-36-,40-39-,43-42-,48-46-,49-47-,54-52-,55-53-,62-59-. The summed E-state index contributed by atoms with van der Waals surface area (Å²) in [7, 11) is 0. The van der Waals surface area contributed by atoms with Crippen molar-refractivity contribution in [3.8, 4) is 0 Å². The number of allylic oxidation sites excluding steroid dienone is 34. The van der Waals surface area contributed by atoms with Crippen molar-refractivity contribution in [2.24, 2.45) is 0 Å². The first-order chi connectivity index (χ1) is 41.0. The van der Waals surface area contributed by atoms with Gasteiger partial charge in [-0.15, -0.1) is 0 Å². The third kappa shape index (κ3) is 66.7. The SMILES string of the molecule is CC/C=C\C/C=C\C/C=C\C/C=C\C/C=C\C/C=C\C/C=C\C/C=C\C/C=C\C/C=C\CCCCCCC(=O)OCC(COC(=O)CCCCCCCCC)OC(=O)CCC/C=C\C/C=C\C/C=C\C/C=C\C/C=C\C/C=C\C/C=C\CC. The molecule has 0 spiro atoms. The average molecular weight is 1140 g/mol. The van der Waals surface area contributed by atoms with Crippen molar-refractivity contribution in [2.45, 2.75) is 245 Å². The molecule has 0 heterocycles. The quantitative estimate of drug-likeness (QED) is 0.0261. The summed E-state index contributed by atoms with van der Waals surface area (Å²) < 4.78 is 16.7. The number of esters is 3. The minimum atomic E-state index is -0.829. The highest BCUT2D eigenvalue weighted by atomic mass is 16.6. The van der Waals surface area contributed by atoms with Gasteiger partial charge in [0, 0.05) is 19.3 Å². The van der Waals surface area contributed by atoms with Crippen molar-refractivity contribution < 1.29 is 28.6 Å². The molecule has 460 valence electrons. The molecule has 0 aliphatic rings. The fraction of sp³-hybridized carbons (Fsp3) is 0.519. The van der Waals surface area contributed by atoms with Crippen molar-refractivity contribution in [2.75, 3.05) is 13.2 Å². The van der Waals surface area contributed by atoms with Crippen molar-refractivity contribution >= 4 is 17.9 Å². The topological polar surface area (TPSA) is 78.9 Å². The zero-order chi connectivity index (χ0) is 59.9. The molecule has 83 heavy (non-hydrogen) atoms. The first kappa shape index (κ1) is 77.0. The second-order valence-electron chi connectivity index (χ2n) is 20.6. The van der Waals surface area contributed by atoms with Crippen LogP contribution in [0.1, 0.15) is 239 Å². The van der Waals surface area contributed by atoms with E-state index in [1.165, 1.54) is 25.7 Å². The first-order valence-corrected chi connectivity index (χ1v) is 32.6. The molecule has 6 nitrogen and oxygen atoms in total. The largest absolute Gasteiger partial charge is 0.462 e. The third-order valence-electron chi connectivity index (χ3n) is 12.8. The average Bonchev–Trinajstić information content (AvgIpc) is 3.49. The third-order valence-corrected chi connectivity index (χ3v) is 12.8. The predicted octanol–water partition coefficient (Wildman–Crippen LogP) is 22.8. The molecule has 0 fully saturated rings. The number of ether oxygens (including phenoxy) is 3. The molecule has 0 amide bonds. The van der Waals surface area contributed by atoms with E-state index in [1.54, 1.807) is 0 Å². The van der Waals surface area contributed by atoms with E-state index in [1.807, 2.05) is 0 Å². The number of carbonyl (C=O) groups excluding carboxylic acids is 3. The van der Waals surface area contributed by atoms with Gasteiger partial charge in [0.15, 0.2) is 6.10 Å². The summed E-state index contributed by atoms with van der Waals surface area (Å²) >= 11 is 0. The highest BCUT2D eigenvalue weighted by Crippen LogP contribution is 2.12. The Hall–Kier alpha value is -6.01. The van der Waals surface area contributed by atoms with E-state index >= 15 is 0 Å². The maximum atomic E-state index is 12.8. The monoisotopic (exact) mass is 1140 g/mol. The normalized spacial score (nSPS) is 13.5. The second kappa shape index (κ2) is 68.5. The van der Waals surface area contributed by atoms with E-state index in [-0.39, 0.29) is 37.5 Å². The van der Waals surface area contributed by atoms with Crippen LogP contribution in [-0.4, -0.2) is 37.2 Å². The van der Waals surface area contributed by atoms with Crippen LogP contribution < -0.4 is 0 Å². The molecule has 0 aliphatic heterocycles. The molecule has 0 aliphatic carbocycles. The lowest BCUT2D eigenvalue weighted by Gasteiger charge is -2.18. The van der Waals surface area contributed by atoms with Gasteiger partial charge in [-0.2, -0.15) is 0 Å². The minimum absolute atomic E-state index is 0.119. The minimum Gasteiger partial charge on any atom is -0.462 e. The fourth-order valence-corrected chi connectivity index (χ4v) is 7.99. The van der Waals surface area contributed by atoms with Crippen LogP contribution in [0.15, 0.2) is 207 Å². The Kier molecular flexibility index (Phi) is 63.5. The van der Waals surface area contributed by atoms with E-state index in [9.17, 15) is 14.4 Å².